The van der Waals surface area contributed by atoms with E-state index in [0.29, 0.717) is 0 Å². The molecule has 2 aliphatic carbocycles. The highest BCUT2D eigenvalue weighted by Gasteiger charge is 2.37. The van der Waals surface area contributed by atoms with Crippen LogP contribution in [0.1, 0.15) is 51.7 Å². The van der Waals surface area contributed by atoms with Gasteiger partial charge in [-0.15, -0.1) is 0 Å². The van der Waals surface area contributed by atoms with Gasteiger partial charge in [-0.1, -0.05) is 131 Å². The summed E-state index contributed by atoms with van der Waals surface area (Å²) >= 11 is 0. The lowest BCUT2D eigenvalue weighted by atomic mass is 9.82. The number of hydrogen-bond donors (Lipinski definition) is 0. The predicted octanol–water partition coefficient (Wildman–Crippen LogP) is 14.6. The summed E-state index contributed by atoms with van der Waals surface area (Å²) in [5.74, 6) is 0. The summed E-state index contributed by atoms with van der Waals surface area (Å²) in [7, 11) is 0. The first kappa shape index (κ1) is 33.9. The lowest BCUT2D eigenvalue weighted by Gasteiger charge is -2.30. The van der Waals surface area contributed by atoms with Crippen LogP contribution in [0.4, 0.5) is 11.4 Å². The van der Waals surface area contributed by atoms with Crippen LogP contribution in [0.15, 0.2) is 182 Å². The van der Waals surface area contributed by atoms with Crippen molar-refractivity contribution in [3.05, 3.63) is 193 Å². The molecule has 272 valence electrons. The summed E-state index contributed by atoms with van der Waals surface area (Å²) in [5.41, 5.74) is 16.2. The zero-order valence-corrected chi connectivity index (χ0v) is 32.5. The Bertz CT molecular complexity index is 3010. The molecule has 0 amide bonds. The maximum absolute atomic E-state index is 2.53. The van der Waals surface area contributed by atoms with Gasteiger partial charge in [-0.3, -0.25) is 0 Å². The predicted molar refractivity (Wildman–Crippen MR) is 239 cm³/mol. The van der Waals surface area contributed by atoms with E-state index in [2.05, 4.69) is 204 Å². The van der Waals surface area contributed by atoms with Crippen LogP contribution in [0.2, 0.25) is 0 Å². The SMILES string of the molecule is CC.CC1(C)c2cc(N(C3=CC=CCC3)c3ccccc3)ccc2-c2ccc(-n3c4ccccc4c4ccc5c(c6ccccc6n5-c5ccccc5)c43)cc21. The zero-order chi connectivity index (χ0) is 38.0. The van der Waals surface area contributed by atoms with E-state index in [4.69, 9.17) is 0 Å². The van der Waals surface area contributed by atoms with Crippen molar-refractivity contribution in [2.24, 2.45) is 0 Å². The molecule has 0 fully saturated rings. The van der Waals surface area contributed by atoms with Gasteiger partial charge in [-0.05, 0) is 108 Å². The van der Waals surface area contributed by atoms with Crippen molar-refractivity contribution in [1.29, 1.82) is 0 Å². The Labute approximate surface area is 329 Å². The zero-order valence-electron chi connectivity index (χ0n) is 32.5. The Kier molecular flexibility index (Phi) is 8.07. The highest BCUT2D eigenvalue weighted by Crippen LogP contribution is 2.52. The highest BCUT2D eigenvalue weighted by molar-refractivity contribution is 6.26. The summed E-state index contributed by atoms with van der Waals surface area (Å²) in [6, 6.07) is 58.3. The molecule has 0 unspecified atom stereocenters. The monoisotopic (exact) mass is 723 g/mol. The number of allylic oxidation sites excluding steroid dienone is 4. The van der Waals surface area contributed by atoms with Crippen molar-refractivity contribution in [1.82, 2.24) is 9.13 Å². The van der Waals surface area contributed by atoms with E-state index in [9.17, 15) is 0 Å². The van der Waals surface area contributed by atoms with Gasteiger partial charge < -0.3 is 14.0 Å². The van der Waals surface area contributed by atoms with E-state index in [1.54, 1.807) is 0 Å². The summed E-state index contributed by atoms with van der Waals surface area (Å²) in [5, 5.41) is 5.09. The third kappa shape index (κ3) is 5.04. The van der Waals surface area contributed by atoms with Crippen molar-refractivity contribution in [3.8, 4) is 22.5 Å². The van der Waals surface area contributed by atoms with Crippen LogP contribution < -0.4 is 4.90 Å². The maximum Gasteiger partial charge on any atom is 0.0641 e. The Morgan fingerprint density at radius 2 is 1.16 bits per heavy atom. The van der Waals surface area contributed by atoms with E-state index >= 15 is 0 Å². The second-order valence-corrected chi connectivity index (χ2v) is 15.3. The molecule has 2 aromatic heterocycles. The Morgan fingerprint density at radius 1 is 0.518 bits per heavy atom. The molecular weight excluding hydrogens is 679 g/mol. The molecule has 0 atom stereocenters. The van der Waals surface area contributed by atoms with Gasteiger partial charge in [-0.25, -0.2) is 0 Å². The number of anilines is 2. The van der Waals surface area contributed by atoms with E-state index in [1.807, 2.05) is 13.8 Å². The fourth-order valence-electron chi connectivity index (χ4n) is 9.46. The summed E-state index contributed by atoms with van der Waals surface area (Å²) in [6.07, 6.45) is 8.81. The number of nitrogens with zero attached hydrogens (tertiary/aromatic N) is 3. The second-order valence-electron chi connectivity index (χ2n) is 15.3. The smallest absolute Gasteiger partial charge is 0.0641 e. The molecule has 7 aromatic carbocycles. The number of aromatic nitrogens is 2. The molecule has 0 bridgehead atoms. The molecule has 9 aromatic rings. The van der Waals surface area contributed by atoms with Crippen LogP contribution in [0.5, 0.6) is 0 Å². The number of para-hydroxylation sites is 4. The third-order valence-corrected chi connectivity index (χ3v) is 11.9. The molecule has 2 aliphatic rings. The fourth-order valence-corrected chi connectivity index (χ4v) is 9.46. The first-order chi connectivity index (χ1) is 27.6. The van der Waals surface area contributed by atoms with Crippen molar-refractivity contribution in [2.45, 2.75) is 46.0 Å². The Balaban J connectivity index is 0.00000189. The van der Waals surface area contributed by atoms with Gasteiger partial charge in [0, 0.05) is 55.4 Å². The van der Waals surface area contributed by atoms with Crippen molar-refractivity contribution < 1.29 is 0 Å². The van der Waals surface area contributed by atoms with Gasteiger partial charge in [-0.2, -0.15) is 0 Å². The molecule has 0 saturated heterocycles. The number of rotatable bonds is 5. The summed E-state index contributed by atoms with van der Waals surface area (Å²) in [4.78, 5) is 2.45. The first-order valence-electron chi connectivity index (χ1n) is 20.1. The van der Waals surface area contributed by atoms with Crippen LogP contribution in [0.25, 0.3) is 66.1 Å². The topological polar surface area (TPSA) is 13.1 Å². The normalized spacial score (nSPS) is 14.1. The molecule has 3 heteroatoms. The largest absolute Gasteiger partial charge is 0.314 e. The molecule has 11 rings (SSSR count). The number of benzene rings is 7. The highest BCUT2D eigenvalue weighted by atomic mass is 15.1. The van der Waals surface area contributed by atoms with Gasteiger partial charge in [0.05, 0.1) is 22.1 Å². The molecular formula is C53H45N3. The molecule has 0 aliphatic heterocycles. The van der Waals surface area contributed by atoms with Crippen LogP contribution in [0.3, 0.4) is 0 Å². The van der Waals surface area contributed by atoms with E-state index < -0.39 is 0 Å². The average molecular weight is 724 g/mol. The Hall–Kier alpha value is -6.58. The Morgan fingerprint density at radius 3 is 1.89 bits per heavy atom. The molecule has 3 nitrogen and oxygen atoms in total. The van der Waals surface area contributed by atoms with Crippen molar-refractivity contribution >= 4 is 55.0 Å². The average Bonchev–Trinajstić information content (AvgIpc) is 3.85. The maximum atomic E-state index is 2.53. The minimum absolute atomic E-state index is 0.197. The van der Waals surface area contributed by atoms with E-state index in [0.717, 1.165) is 12.8 Å². The number of fused-ring (bicyclic) bond motifs is 10. The van der Waals surface area contributed by atoms with Gasteiger partial charge in [0.15, 0.2) is 0 Å². The quantitative estimate of drug-likeness (QED) is 0.172. The van der Waals surface area contributed by atoms with Gasteiger partial charge >= 0.3 is 0 Å². The van der Waals surface area contributed by atoms with Gasteiger partial charge in [0.1, 0.15) is 0 Å². The molecule has 0 radical (unpaired) electrons. The van der Waals surface area contributed by atoms with E-state index in [-0.39, 0.29) is 5.41 Å². The minimum Gasteiger partial charge on any atom is -0.314 e. The molecule has 0 spiro atoms. The van der Waals surface area contributed by atoms with Gasteiger partial charge in [0.2, 0.25) is 0 Å². The second kappa shape index (κ2) is 13.3. The first-order valence-corrected chi connectivity index (χ1v) is 20.1. The van der Waals surface area contributed by atoms with Crippen LogP contribution in [0, 0.1) is 0 Å². The molecule has 0 N–H and O–H groups in total. The molecule has 2 heterocycles. The molecule has 0 saturated carbocycles. The lowest BCUT2D eigenvalue weighted by Crippen LogP contribution is -2.19. The standard InChI is InChI=1S/C51H39N3.C2H6/c1-51(2)44-32-37(52(34-16-6-3-7-17-34)35-18-8-4-9-19-35)26-28-39(44)40-29-27-38(33-45(40)51)54-46-24-14-12-22-41(46)42-30-31-48-49(50(42)54)43-23-13-15-25-47(43)53(48)36-20-10-5-11-21-36;1-2/h3-8,10-18,20-33H,9,19H2,1-2H3;1-2H3. The third-order valence-electron chi connectivity index (χ3n) is 11.9. The fraction of sp³-hybridized carbons (Fsp3) is 0.132. The van der Waals surface area contributed by atoms with Crippen molar-refractivity contribution in [2.75, 3.05) is 4.90 Å². The van der Waals surface area contributed by atoms with Crippen LogP contribution in [-0.4, -0.2) is 9.13 Å². The number of hydrogen-bond acceptors (Lipinski definition) is 1. The summed E-state index contributed by atoms with van der Waals surface area (Å²) < 4.78 is 4.95. The minimum atomic E-state index is -0.197. The van der Waals surface area contributed by atoms with Crippen LogP contribution in [-0.2, 0) is 5.41 Å². The van der Waals surface area contributed by atoms with Crippen molar-refractivity contribution in [3.63, 3.8) is 0 Å². The molecule has 56 heavy (non-hydrogen) atoms. The van der Waals surface area contributed by atoms with E-state index in [1.165, 1.54) is 94.3 Å². The summed E-state index contributed by atoms with van der Waals surface area (Å²) in [6.45, 7) is 8.80. The lowest BCUT2D eigenvalue weighted by molar-refractivity contribution is 0.660. The van der Waals surface area contributed by atoms with Gasteiger partial charge in [0.25, 0.3) is 0 Å². The van der Waals surface area contributed by atoms with Crippen LogP contribution >= 0.6 is 0 Å².